The van der Waals surface area contributed by atoms with E-state index in [0.717, 1.165) is 22.3 Å². The summed E-state index contributed by atoms with van der Waals surface area (Å²) in [4.78, 5) is 194. The number of carbonyl (C=O) groups excluding carboxylic acids is 14. The van der Waals surface area contributed by atoms with Gasteiger partial charge in [0.15, 0.2) is 0 Å². The van der Waals surface area contributed by atoms with Gasteiger partial charge in [0, 0.05) is 102 Å². The third kappa shape index (κ3) is 44.9. The van der Waals surface area contributed by atoms with Crippen LogP contribution < -0.4 is 75.1 Å². The standard InChI is InChI=1S/C36H47N3O8.C35H58FN5O8Si.C25H45N5O7/c1-4-23-46-35(43)32(39-36(44)47-24-30-28-16-8-6-14-26(28)27-15-7-9-17-29(27)30)19-11-12-22-38-33(41)21-20-25(40)13-5-10-18-31(37-2)34(42)45-3;1-34(2,3)50(36,35(4,5)6)25-18-15-23(16-19-25)30(44)41-28(22-37)31(45)40-27(33(48)49)14-10-11-21-39-29(43)20-17-24(42)12-8-9-13-26(38-7)32(46)47;1-5-16-37-25(35)21(30-23(33)19(26)17-27-2)12-8-9-15-29-22(32)14-13-18(31)10-6-7-11-20(28-3)24(34)36-4/h4,6-9,14-17,30-32,37H,1,5,10-13,18-24H2,2-3H3,(H,38,41)(H,39,44);15-16,18-19,26-28,38H,8-14,17,20-22,37H2,1-7H3,(H,39,43)(H,40,45)(H,41,44)(H,46,47)(H,48,49);5,19-21,27-28H,1,6-17,26H2,2-4H3,(H,29,32)(H,30,33)/t31-,32-;26-,27-,28-;19-,20-,21-/m111/s1. The summed E-state index contributed by atoms with van der Waals surface area (Å²) in [5.41, 5.74) is 16.1. The van der Waals surface area contributed by atoms with Gasteiger partial charge in [-0.2, -0.15) is 0 Å². The molecule has 3 aromatic carbocycles. The molecule has 0 saturated heterocycles. The summed E-state index contributed by atoms with van der Waals surface area (Å²) >= 11 is 0. The SMILES string of the molecule is C=CCOC(=O)[C@@H](CCCCNC(=O)CCC(=O)CCCC[C@@H](NC)C(=O)OC)NC(=O)OCC1c2ccccc2-c2ccccc21.C=CCOC(=O)[C@@H](CCCCNC(=O)CCC(=O)CCCC[C@@H](NC)C(=O)OC)NC(=O)[C@H](N)CNC.CN[C@H](CCCCC(=O)CCC(=O)NCCCC[C@@H](NC(=O)[C@@H](CN)NC(=O)c1ccc([Si](F)(C(C)(C)C)C(C)(C)C)cc1)C(=O)O)C(=O)O. The zero-order valence-electron chi connectivity index (χ0n) is 80.4. The first kappa shape index (κ1) is 119. The molecule has 0 spiro atoms. The van der Waals surface area contributed by atoms with Crippen LogP contribution in [-0.2, 0) is 90.8 Å². The van der Waals surface area contributed by atoms with Gasteiger partial charge in [-0.25, -0.2) is 19.2 Å². The molecule has 0 radical (unpaired) electrons. The molecule has 0 unspecified atom stereocenters. The Morgan fingerprint density at radius 3 is 1.17 bits per heavy atom. The summed E-state index contributed by atoms with van der Waals surface area (Å²) in [5, 5.41) is 47.8. The second-order valence-corrected chi connectivity index (χ2v) is 39.7. The lowest BCUT2D eigenvalue weighted by Gasteiger charge is -2.44. The van der Waals surface area contributed by atoms with E-state index in [9.17, 15) is 81.8 Å². The number of nitrogens with one attached hydrogen (secondary N) is 11. The van der Waals surface area contributed by atoms with Gasteiger partial charge < -0.3 is 108 Å². The molecule has 7 amide bonds. The summed E-state index contributed by atoms with van der Waals surface area (Å²) in [6.07, 6.45) is 12.8. The van der Waals surface area contributed by atoms with Crippen molar-refractivity contribution >= 4 is 108 Å². The lowest BCUT2D eigenvalue weighted by molar-refractivity contribution is -0.147. The van der Waals surface area contributed by atoms with Crippen molar-refractivity contribution in [1.82, 2.24) is 58.5 Å². The maximum atomic E-state index is 16.6. The molecule has 1 aliphatic rings. The molecule has 0 aliphatic heterocycles. The number of ether oxygens (including phenoxy) is 5. The molecule has 38 heteroatoms. The number of unbranched alkanes of at least 4 members (excludes halogenated alkanes) is 6. The number of hydrogen-bond donors (Lipinski definition) is 15. The lowest BCUT2D eigenvalue weighted by Crippen LogP contribution is -2.58. The second kappa shape index (κ2) is 65.6. The number of likely N-dealkylation sites (N-methyl/N-ethyl adjacent to an activating group) is 4. The molecular formula is C96H150FN13O23Si. The van der Waals surface area contributed by atoms with Crippen LogP contribution in [0.5, 0.6) is 0 Å². The Labute approximate surface area is 789 Å². The van der Waals surface area contributed by atoms with E-state index in [2.05, 4.69) is 83.8 Å². The number of ketones is 3. The quantitative estimate of drug-likeness (QED) is 0.00663. The van der Waals surface area contributed by atoms with E-state index in [-0.39, 0.29) is 155 Å². The molecule has 0 saturated carbocycles. The number of carboxylic acid groups (broad SMARTS) is 2. The van der Waals surface area contributed by atoms with Crippen molar-refractivity contribution in [3.63, 3.8) is 0 Å². The van der Waals surface area contributed by atoms with Crippen LogP contribution in [0.15, 0.2) is 98.1 Å². The predicted octanol–water partition coefficient (Wildman–Crippen LogP) is 7.19. The number of rotatable bonds is 65. The summed E-state index contributed by atoms with van der Waals surface area (Å²) in [5.74, 6) is -6.79. The number of aliphatic carboxylic acids is 2. The normalized spacial score (nSPS) is 13.3. The van der Waals surface area contributed by atoms with E-state index in [1.165, 1.54) is 38.5 Å². The van der Waals surface area contributed by atoms with Crippen LogP contribution in [0.2, 0.25) is 10.1 Å². The number of carbonyl (C=O) groups is 16. The van der Waals surface area contributed by atoms with E-state index in [1.807, 2.05) is 77.9 Å². The number of carboxylic acids is 2. The smallest absolute Gasteiger partial charge is 0.407 e. The molecule has 8 atom stereocenters. The van der Waals surface area contributed by atoms with Crippen LogP contribution >= 0.6 is 0 Å². The highest BCUT2D eigenvalue weighted by Crippen LogP contribution is 2.51. The Kier molecular flexibility index (Phi) is 58.3. The van der Waals surface area contributed by atoms with Gasteiger partial charge in [-0.15, -0.1) is 0 Å². The Hall–Kier alpha value is -11.0. The number of esters is 4. The van der Waals surface area contributed by atoms with Gasteiger partial charge in [0.25, 0.3) is 14.3 Å². The average Bonchev–Trinajstić information content (AvgIpc) is 1.03. The van der Waals surface area contributed by atoms with E-state index in [1.54, 1.807) is 40.3 Å². The van der Waals surface area contributed by atoms with Crippen molar-refractivity contribution in [1.29, 1.82) is 0 Å². The van der Waals surface area contributed by atoms with E-state index >= 15 is 4.11 Å². The maximum Gasteiger partial charge on any atom is 0.407 e. The molecule has 1 aliphatic carbocycles. The zero-order chi connectivity index (χ0) is 100. The fourth-order valence-electron chi connectivity index (χ4n) is 15.2. The number of Topliss-reactive ketones (excluding diaryl/α,β-unsaturated/α-hetero) is 3. The number of benzene rings is 3. The van der Waals surface area contributed by atoms with E-state index in [4.69, 9.17) is 40.3 Å². The van der Waals surface area contributed by atoms with E-state index < -0.39 is 108 Å². The molecule has 0 heterocycles. The number of hydrogen-bond acceptors (Lipinski definition) is 27. The minimum atomic E-state index is -3.53. The molecular weight excluding hydrogens is 1750 g/mol. The largest absolute Gasteiger partial charge is 0.480 e. The summed E-state index contributed by atoms with van der Waals surface area (Å²) < 4.78 is 41.9. The highest BCUT2D eigenvalue weighted by Gasteiger charge is 2.56. The number of nitrogens with two attached hydrogens (primary N) is 2. The Morgan fingerprint density at radius 1 is 0.440 bits per heavy atom. The summed E-state index contributed by atoms with van der Waals surface area (Å²) in [6, 6.07) is 15.9. The van der Waals surface area contributed by atoms with Crippen LogP contribution in [0.3, 0.4) is 0 Å². The molecule has 134 heavy (non-hydrogen) atoms. The van der Waals surface area contributed by atoms with E-state index in [0.29, 0.717) is 140 Å². The minimum Gasteiger partial charge on any atom is -0.480 e. The molecule has 0 aromatic heterocycles. The van der Waals surface area contributed by atoms with Crippen LogP contribution in [0, 0.1) is 0 Å². The topological polar surface area (TPSA) is 544 Å². The summed E-state index contributed by atoms with van der Waals surface area (Å²) in [6.45, 7) is 19.5. The highest BCUT2D eigenvalue weighted by molar-refractivity contribution is 6.90. The molecule has 17 N–H and O–H groups in total. The van der Waals surface area contributed by atoms with Gasteiger partial charge in [0.05, 0.1) is 20.3 Å². The molecule has 3 aromatic rings. The zero-order valence-corrected chi connectivity index (χ0v) is 81.4. The second-order valence-electron chi connectivity index (χ2n) is 34.8. The molecule has 36 nitrogen and oxygen atoms in total. The number of methoxy groups -OCH3 is 2. The fourth-order valence-corrected chi connectivity index (χ4v) is 19.8. The first-order chi connectivity index (χ1) is 63.7. The van der Waals surface area contributed by atoms with Gasteiger partial charge in [-0.3, -0.25) is 57.5 Å². The van der Waals surface area contributed by atoms with Crippen molar-refractivity contribution in [2.45, 2.75) is 279 Å². The Bertz CT molecular complexity index is 4180. The molecule has 748 valence electrons. The van der Waals surface area contributed by atoms with Gasteiger partial charge in [0.2, 0.25) is 29.5 Å². The number of fused-ring (bicyclic) bond motifs is 3. The predicted molar refractivity (Wildman–Crippen MR) is 509 cm³/mol. The highest BCUT2D eigenvalue weighted by atomic mass is 28.4. The van der Waals surface area contributed by atoms with Gasteiger partial charge in [0.1, 0.15) is 79.5 Å². The fraction of sp³-hybridized carbons (Fsp3) is 0.604. The van der Waals surface area contributed by atoms with Crippen molar-refractivity contribution in [3.05, 3.63) is 115 Å². The van der Waals surface area contributed by atoms with Crippen LogP contribution in [0.25, 0.3) is 11.1 Å². The first-order valence-electron chi connectivity index (χ1n) is 46.1. The third-order valence-electron chi connectivity index (χ3n) is 22.6. The van der Waals surface area contributed by atoms with Crippen molar-refractivity contribution in [2.24, 2.45) is 11.5 Å². The van der Waals surface area contributed by atoms with Crippen molar-refractivity contribution in [2.75, 3.05) is 95.0 Å². The van der Waals surface area contributed by atoms with Gasteiger partial charge in [-0.1, -0.05) is 147 Å². The third-order valence-corrected chi connectivity index (χ3v) is 27.8. The summed E-state index contributed by atoms with van der Waals surface area (Å²) in [7, 11) is 5.75. The molecule has 4 rings (SSSR count). The van der Waals surface area contributed by atoms with Crippen molar-refractivity contribution in [3.8, 4) is 11.1 Å². The van der Waals surface area contributed by atoms with Crippen molar-refractivity contribution < 1.29 is 115 Å². The maximum absolute atomic E-state index is 16.6. The average molecular weight is 1900 g/mol. The number of amides is 7. The number of halogens is 1. The minimum absolute atomic E-state index is 0.000543. The Balaban J connectivity index is 0.000000688. The molecule has 0 fully saturated rings. The number of alkyl carbamates (subject to hydrolysis) is 1. The van der Waals surface area contributed by atoms with Crippen LogP contribution in [-0.4, -0.2) is 257 Å². The first-order valence-corrected chi connectivity index (χ1v) is 48.0. The lowest BCUT2D eigenvalue weighted by atomic mass is 9.98. The van der Waals surface area contributed by atoms with Crippen LogP contribution in [0.1, 0.15) is 242 Å². The monoisotopic (exact) mass is 1900 g/mol. The van der Waals surface area contributed by atoms with Gasteiger partial charge >= 0.3 is 41.9 Å². The molecule has 0 bridgehead atoms. The van der Waals surface area contributed by atoms with Crippen LogP contribution in [0.4, 0.5) is 8.90 Å². The van der Waals surface area contributed by atoms with Gasteiger partial charge in [-0.05, 0) is 174 Å². The Morgan fingerprint density at radius 2 is 0.806 bits per heavy atom.